The Bertz CT molecular complexity index is 1050. The third kappa shape index (κ3) is 2.82. The zero-order valence-electron chi connectivity index (χ0n) is 14.8. The van der Waals surface area contributed by atoms with Crippen LogP contribution in [0, 0.1) is 6.92 Å². The summed E-state index contributed by atoms with van der Waals surface area (Å²) in [5.74, 6) is 1.57. The van der Waals surface area contributed by atoms with E-state index in [1.54, 1.807) is 14.0 Å². The Morgan fingerprint density at radius 3 is 3.00 bits per heavy atom. The van der Waals surface area contributed by atoms with Gasteiger partial charge in [-0.15, -0.1) is 21.5 Å². The van der Waals surface area contributed by atoms with Crippen molar-refractivity contribution in [2.24, 2.45) is 7.05 Å². The van der Waals surface area contributed by atoms with E-state index in [9.17, 15) is 9.59 Å². The SMILES string of the molecule is Cc1c(C(=O)NCc2nnc3n2CCCCC3)sc2ncn(C)c(=O)c12. The summed E-state index contributed by atoms with van der Waals surface area (Å²) < 4.78 is 3.54. The number of nitrogens with one attached hydrogen (secondary N) is 1. The lowest BCUT2D eigenvalue weighted by Crippen LogP contribution is -2.25. The molecule has 1 aliphatic rings. The molecule has 4 heterocycles. The van der Waals surface area contributed by atoms with Crippen molar-refractivity contribution in [1.82, 2.24) is 29.6 Å². The molecule has 9 heteroatoms. The highest BCUT2D eigenvalue weighted by atomic mass is 32.1. The summed E-state index contributed by atoms with van der Waals surface area (Å²) >= 11 is 1.24. The maximum absolute atomic E-state index is 12.7. The van der Waals surface area contributed by atoms with Gasteiger partial charge in [0.25, 0.3) is 11.5 Å². The molecule has 4 rings (SSSR count). The number of hydrogen-bond donors (Lipinski definition) is 1. The summed E-state index contributed by atoms with van der Waals surface area (Å²) in [7, 11) is 1.66. The lowest BCUT2D eigenvalue weighted by molar-refractivity contribution is 0.0953. The quantitative estimate of drug-likeness (QED) is 0.753. The number of aromatic nitrogens is 5. The van der Waals surface area contributed by atoms with Crippen LogP contribution in [0.1, 0.15) is 46.1 Å². The Morgan fingerprint density at radius 2 is 2.15 bits per heavy atom. The molecule has 1 N–H and O–H groups in total. The predicted molar refractivity (Wildman–Crippen MR) is 98.3 cm³/mol. The summed E-state index contributed by atoms with van der Waals surface area (Å²) in [5.41, 5.74) is 0.543. The monoisotopic (exact) mass is 372 g/mol. The number of nitrogens with zero attached hydrogens (tertiary/aromatic N) is 5. The van der Waals surface area contributed by atoms with E-state index in [0.29, 0.717) is 27.2 Å². The highest BCUT2D eigenvalue weighted by molar-refractivity contribution is 7.20. The minimum absolute atomic E-state index is 0.134. The van der Waals surface area contributed by atoms with Crippen LogP contribution in [0.3, 0.4) is 0 Å². The van der Waals surface area contributed by atoms with E-state index in [0.717, 1.165) is 37.5 Å². The number of thiophene rings is 1. The average Bonchev–Trinajstić information content (AvgIpc) is 3.08. The molecule has 0 saturated carbocycles. The van der Waals surface area contributed by atoms with E-state index in [4.69, 9.17) is 0 Å². The first-order valence-corrected chi connectivity index (χ1v) is 9.52. The number of carbonyl (C=O) groups is 1. The van der Waals surface area contributed by atoms with Crippen molar-refractivity contribution in [3.8, 4) is 0 Å². The van der Waals surface area contributed by atoms with Crippen molar-refractivity contribution in [2.45, 2.75) is 45.7 Å². The molecule has 1 aliphatic heterocycles. The fourth-order valence-electron chi connectivity index (χ4n) is 3.34. The lowest BCUT2D eigenvalue weighted by atomic mass is 10.2. The van der Waals surface area contributed by atoms with Crippen LogP contribution in [-0.4, -0.2) is 30.2 Å². The fraction of sp³-hybridized carbons (Fsp3) is 0.471. The molecule has 0 unspecified atom stereocenters. The Kier molecular flexibility index (Phi) is 4.31. The molecule has 3 aromatic heterocycles. The number of hydrogen-bond acceptors (Lipinski definition) is 6. The van der Waals surface area contributed by atoms with Crippen LogP contribution in [0.5, 0.6) is 0 Å². The van der Waals surface area contributed by atoms with Gasteiger partial charge in [-0.05, 0) is 25.3 Å². The fourth-order valence-corrected chi connectivity index (χ4v) is 4.40. The molecular formula is C17H20N6O2S. The van der Waals surface area contributed by atoms with E-state index in [2.05, 4.69) is 25.1 Å². The van der Waals surface area contributed by atoms with Crippen LogP contribution in [0.15, 0.2) is 11.1 Å². The van der Waals surface area contributed by atoms with Gasteiger partial charge in [-0.25, -0.2) is 4.98 Å². The van der Waals surface area contributed by atoms with Crippen LogP contribution < -0.4 is 10.9 Å². The number of carbonyl (C=O) groups excluding carboxylic acids is 1. The standard InChI is InChI=1S/C17H20N6O2S/c1-10-13-16(19-9-22(2)17(13)25)26-14(10)15(24)18-8-12-21-20-11-6-4-3-5-7-23(11)12/h9H,3-8H2,1-2H3,(H,18,24). The Morgan fingerprint density at radius 1 is 1.31 bits per heavy atom. The molecule has 0 spiro atoms. The van der Waals surface area contributed by atoms with Gasteiger partial charge in [-0.2, -0.15) is 0 Å². The normalized spacial score (nSPS) is 14.2. The predicted octanol–water partition coefficient (Wildman–Crippen LogP) is 1.55. The van der Waals surface area contributed by atoms with Crippen LogP contribution >= 0.6 is 11.3 Å². The van der Waals surface area contributed by atoms with Gasteiger partial charge in [0.1, 0.15) is 10.7 Å². The van der Waals surface area contributed by atoms with E-state index in [-0.39, 0.29) is 11.5 Å². The largest absolute Gasteiger partial charge is 0.344 e. The van der Waals surface area contributed by atoms with Gasteiger partial charge in [0.05, 0.1) is 23.1 Å². The third-order valence-corrected chi connectivity index (χ3v) is 6.01. The van der Waals surface area contributed by atoms with Crippen molar-refractivity contribution in [2.75, 3.05) is 0 Å². The van der Waals surface area contributed by atoms with Crippen LogP contribution in [0.4, 0.5) is 0 Å². The first-order chi connectivity index (χ1) is 12.6. The summed E-state index contributed by atoms with van der Waals surface area (Å²) in [4.78, 5) is 30.3. The van der Waals surface area contributed by atoms with Gasteiger partial charge in [0.15, 0.2) is 5.82 Å². The molecule has 0 aromatic carbocycles. The average molecular weight is 372 g/mol. The smallest absolute Gasteiger partial charge is 0.262 e. The second-order valence-corrected chi connectivity index (χ2v) is 7.57. The molecule has 3 aromatic rings. The maximum Gasteiger partial charge on any atom is 0.262 e. The maximum atomic E-state index is 12.7. The summed E-state index contributed by atoms with van der Waals surface area (Å²) in [6.07, 6.45) is 5.85. The van der Waals surface area contributed by atoms with Crippen LogP contribution in [0.2, 0.25) is 0 Å². The lowest BCUT2D eigenvalue weighted by Gasteiger charge is -2.08. The Balaban J connectivity index is 1.57. The number of amides is 1. The molecule has 0 radical (unpaired) electrons. The van der Waals surface area contributed by atoms with Crippen molar-refractivity contribution in [3.63, 3.8) is 0 Å². The molecule has 1 amide bonds. The van der Waals surface area contributed by atoms with Crippen molar-refractivity contribution in [3.05, 3.63) is 38.8 Å². The number of fused-ring (bicyclic) bond motifs is 2. The second kappa shape index (κ2) is 6.64. The van der Waals surface area contributed by atoms with E-state index in [1.807, 2.05) is 0 Å². The molecule has 0 fully saturated rings. The topological polar surface area (TPSA) is 94.7 Å². The number of rotatable bonds is 3. The minimum Gasteiger partial charge on any atom is -0.344 e. The van der Waals surface area contributed by atoms with E-state index >= 15 is 0 Å². The van der Waals surface area contributed by atoms with Crippen molar-refractivity contribution < 1.29 is 4.79 Å². The highest BCUT2D eigenvalue weighted by Gasteiger charge is 2.20. The zero-order valence-corrected chi connectivity index (χ0v) is 15.6. The summed E-state index contributed by atoms with van der Waals surface area (Å²) in [6.45, 7) is 3.01. The minimum atomic E-state index is -0.210. The van der Waals surface area contributed by atoms with E-state index < -0.39 is 0 Å². The zero-order chi connectivity index (χ0) is 18.3. The number of aryl methyl sites for hydroxylation is 3. The van der Waals surface area contributed by atoms with Gasteiger partial charge in [0, 0.05) is 20.0 Å². The van der Waals surface area contributed by atoms with E-state index in [1.165, 1.54) is 28.7 Å². The van der Waals surface area contributed by atoms with Crippen LogP contribution in [-0.2, 0) is 26.6 Å². The van der Waals surface area contributed by atoms with Crippen LogP contribution in [0.25, 0.3) is 10.2 Å². The first kappa shape index (κ1) is 16.9. The molecule has 0 atom stereocenters. The Labute approximate surface area is 153 Å². The molecule has 0 saturated heterocycles. The van der Waals surface area contributed by atoms with Gasteiger partial charge in [-0.3, -0.25) is 9.59 Å². The van der Waals surface area contributed by atoms with Gasteiger partial charge >= 0.3 is 0 Å². The molecular weight excluding hydrogens is 352 g/mol. The van der Waals surface area contributed by atoms with Gasteiger partial charge in [0.2, 0.25) is 0 Å². The first-order valence-electron chi connectivity index (χ1n) is 8.70. The molecule has 0 aliphatic carbocycles. The highest BCUT2D eigenvalue weighted by Crippen LogP contribution is 2.26. The van der Waals surface area contributed by atoms with Crippen molar-refractivity contribution in [1.29, 1.82) is 0 Å². The van der Waals surface area contributed by atoms with Gasteiger partial charge in [-0.1, -0.05) is 6.42 Å². The Hall–Kier alpha value is -2.55. The summed E-state index contributed by atoms with van der Waals surface area (Å²) in [5, 5.41) is 11.9. The second-order valence-electron chi connectivity index (χ2n) is 6.57. The van der Waals surface area contributed by atoms with Gasteiger partial charge < -0.3 is 14.5 Å². The molecule has 8 nitrogen and oxygen atoms in total. The molecule has 136 valence electrons. The molecule has 0 bridgehead atoms. The van der Waals surface area contributed by atoms with Crippen molar-refractivity contribution >= 4 is 27.5 Å². The molecule has 26 heavy (non-hydrogen) atoms. The third-order valence-electron chi connectivity index (χ3n) is 4.81. The summed E-state index contributed by atoms with van der Waals surface area (Å²) in [6, 6.07) is 0.